The van der Waals surface area contributed by atoms with Crippen molar-refractivity contribution in [3.63, 3.8) is 0 Å². The molecule has 1 aliphatic rings. The summed E-state index contributed by atoms with van der Waals surface area (Å²) in [6, 6.07) is 15.8. The minimum Gasteiger partial charge on any atom is -0.490 e. The second-order valence-electron chi connectivity index (χ2n) is 6.19. The maximum Gasteiger partial charge on any atom is 0.268 e. The normalized spacial score (nSPS) is 16.2. The van der Waals surface area contributed by atoms with Gasteiger partial charge in [0.1, 0.15) is 11.9 Å². The molecule has 2 aromatic carbocycles. The molecule has 4 rings (SSSR count). The molecule has 0 unspecified atom stereocenters. The van der Waals surface area contributed by atoms with Crippen LogP contribution in [-0.4, -0.2) is 31.6 Å². The van der Waals surface area contributed by atoms with E-state index in [-0.39, 0.29) is 11.0 Å². The van der Waals surface area contributed by atoms with Crippen LogP contribution in [0.3, 0.4) is 0 Å². The van der Waals surface area contributed by atoms with Crippen LogP contribution in [0.1, 0.15) is 12.8 Å². The Balaban J connectivity index is 1.74. The molecule has 0 radical (unpaired) electrons. The van der Waals surface area contributed by atoms with Crippen LogP contribution in [0.15, 0.2) is 65.7 Å². The minimum atomic E-state index is -3.62. The van der Waals surface area contributed by atoms with E-state index in [0.717, 1.165) is 37.1 Å². The van der Waals surface area contributed by atoms with E-state index in [1.54, 1.807) is 36.5 Å². The molecule has 1 aromatic heterocycles. The van der Waals surface area contributed by atoms with Crippen molar-refractivity contribution >= 4 is 20.9 Å². The standard InChI is InChI=1S/C19H20N2O3S/c22-25(23,16-5-2-1-3-6-16)21-14-11-17-18(21)7-4-8-19(17)24-15-9-12-20-13-10-15/h1-8,11,14-15,20H,9-10,12-13H2. The monoisotopic (exact) mass is 356 g/mol. The van der Waals surface area contributed by atoms with Gasteiger partial charge in [-0.3, -0.25) is 0 Å². The Morgan fingerprint density at radius 3 is 2.48 bits per heavy atom. The van der Waals surface area contributed by atoms with Crippen molar-refractivity contribution in [3.05, 3.63) is 60.8 Å². The fourth-order valence-corrected chi connectivity index (χ4v) is 4.59. The summed E-state index contributed by atoms with van der Waals surface area (Å²) in [5.41, 5.74) is 0.635. The summed E-state index contributed by atoms with van der Waals surface area (Å²) in [5, 5.41) is 4.14. The molecular weight excluding hydrogens is 336 g/mol. The molecule has 5 nitrogen and oxygen atoms in total. The van der Waals surface area contributed by atoms with Gasteiger partial charge in [-0.1, -0.05) is 24.3 Å². The predicted molar refractivity (Wildman–Crippen MR) is 97.5 cm³/mol. The van der Waals surface area contributed by atoms with Gasteiger partial charge in [-0.05, 0) is 56.3 Å². The van der Waals surface area contributed by atoms with Gasteiger partial charge in [0.15, 0.2) is 0 Å². The van der Waals surface area contributed by atoms with E-state index < -0.39 is 10.0 Å². The first-order valence-electron chi connectivity index (χ1n) is 8.44. The first-order valence-corrected chi connectivity index (χ1v) is 9.88. The van der Waals surface area contributed by atoms with E-state index in [1.165, 1.54) is 3.97 Å². The van der Waals surface area contributed by atoms with Gasteiger partial charge in [0, 0.05) is 11.6 Å². The molecule has 2 heterocycles. The Kier molecular flexibility index (Phi) is 4.23. The number of benzene rings is 2. The average molecular weight is 356 g/mol. The number of hydrogen-bond acceptors (Lipinski definition) is 4. The molecule has 6 heteroatoms. The van der Waals surface area contributed by atoms with E-state index in [4.69, 9.17) is 4.74 Å². The van der Waals surface area contributed by atoms with Gasteiger partial charge in [0.25, 0.3) is 10.0 Å². The third-order valence-corrected chi connectivity index (χ3v) is 6.24. The lowest BCUT2D eigenvalue weighted by Gasteiger charge is -2.24. The van der Waals surface area contributed by atoms with Crippen molar-refractivity contribution in [1.29, 1.82) is 0 Å². The molecular formula is C19H20N2O3S. The molecule has 25 heavy (non-hydrogen) atoms. The Bertz CT molecular complexity index is 974. The number of rotatable bonds is 4. The van der Waals surface area contributed by atoms with E-state index in [2.05, 4.69) is 5.32 Å². The van der Waals surface area contributed by atoms with Crippen molar-refractivity contribution in [3.8, 4) is 5.75 Å². The molecule has 0 atom stereocenters. The third kappa shape index (κ3) is 3.03. The van der Waals surface area contributed by atoms with Crippen LogP contribution < -0.4 is 10.1 Å². The van der Waals surface area contributed by atoms with Gasteiger partial charge >= 0.3 is 0 Å². The molecule has 1 saturated heterocycles. The molecule has 130 valence electrons. The highest BCUT2D eigenvalue weighted by atomic mass is 32.2. The fourth-order valence-electron chi connectivity index (χ4n) is 3.23. The Hall–Kier alpha value is -2.31. The van der Waals surface area contributed by atoms with Gasteiger partial charge in [-0.25, -0.2) is 12.4 Å². The maximum atomic E-state index is 12.9. The lowest BCUT2D eigenvalue weighted by Crippen LogP contribution is -2.34. The van der Waals surface area contributed by atoms with E-state index in [0.29, 0.717) is 5.52 Å². The van der Waals surface area contributed by atoms with Crippen molar-refractivity contribution in [2.45, 2.75) is 23.8 Å². The van der Waals surface area contributed by atoms with Gasteiger partial charge < -0.3 is 10.1 Å². The molecule has 0 spiro atoms. The first-order chi connectivity index (χ1) is 12.2. The van der Waals surface area contributed by atoms with Crippen LogP contribution >= 0.6 is 0 Å². The zero-order valence-electron chi connectivity index (χ0n) is 13.8. The SMILES string of the molecule is O=S(=O)(c1ccccc1)n1ccc2c(OC3CCNCC3)cccc21. The highest BCUT2D eigenvalue weighted by molar-refractivity contribution is 7.90. The average Bonchev–Trinajstić information content (AvgIpc) is 3.09. The third-order valence-electron chi connectivity index (χ3n) is 4.54. The molecule has 1 fully saturated rings. The van der Waals surface area contributed by atoms with Gasteiger partial charge in [0.2, 0.25) is 0 Å². The zero-order chi connectivity index (χ0) is 17.3. The van der Waals surface area contributed by atoms with E-state index in [1.807, 2.05) is 24.3 Å². The molecule has 0 bridgehead atoms. The lowest BCUT2D eigenvalue weighted by molar-refractivity contribution is 0.164. The van der Waals surface area contributed by atoms with E-state index in [9.17, 15) is 8.42 Å². The number of aromatic nitrogens is 1. The number of ether oxygens (including phenoxy) is 1. The maximum absolute atomic E-state index is 12.9. The molecule has 1 aliphatic heterocycles. The summed E-state index contributed by atoms with van der Waals surface area (Å²) in [5.74, 6) is 0.742. The summed E-state index contributed by atoms with van der Waals surface area (Å²) >= 11 is 0. The molecule has 1 N–H and O–H groups in total. The molecule has 0 saturated carbocycles. The predicted octanol–water partition coefficient (Wildman–Crippen LogP) is 3.01. The van der Waals surface area contributed by atoms with Crippen LogP contribution in [0.2, 0.25) is 0 Å². The van der Waals surface area contributed by atoms with Crippen LogP contribution in [0.25, 0.3) is 10.9 Å². The highest BCUT2D eigenvalue weighted by Crippen LogP contribution is 2.30. The van der Waals surface area contributed by atoms with Crippen molar-refractivity contribution in [2.75, 3.05) is 13.1 Å². The number of fused-ring (bicyclic) bond motifs is 1. The number of nitrogens with one attached hydrogen (secondary N) is 1. The van der Waals surface area contributed by atoms with Crippen molar-refractivity contribution in [2.24, 2.45) is 0 Å². The Labute approximate surface area is 147 Å². The molecule has 3 aromatic rings. The van der Waals surface area contributed by atoms with E-state index >= 15 is 0 Å². The van der Waals surface area contributed by atoms with Gasteiger partial charge in [0.05, 0.1) is 10.4 Å². The summed E-state index contributed by atoms with van der Waals surface area (Å²) in [6.07, 6.45) is 3.68. The van der Waals surface area contributed by atoms with Crippen LogP contribution in [0.4, 0.5) is 0 Å². The van der Waals surface area contributed by atoms with Crippen molar-refractivity contribution < 1.29 is 13.2 Å². The number of piperidine rings is 1. The topological polar surface area (TPSA) is 60.3 Å². The van der Waals surface area contributed by atoms with Crippen LogP contribution in [0, 0.1) is 0 Å². The largest absolute Gasteiger partial charge is 0.490 e. The quantitative estimate of drug-likeness (QED) is 0.781. The minimum absolute atomic E-state index is 0.168. The summed E-state index contributed by atoms with van der Waals surface area (Å²) in [7, 11) is -3.62. The second-order valence-corrected chi connectivity index (χ2v) is 8.00. The smallest absolute Gasteiger partial charge is 0.268 e. The van der Waals surface area contributed by atoms with Gasteiger partial charge in [-0.15, -0.1) is 0 Å². The summed E-state index contributed by atoms with van der Waals surface area (Å²) < 4.78 is 33.3. The zero-order valence-corrected chi connectivity index (χ0v) is 14.6. The van der Waals surface area contributed by atoms with Crippen LogP contribution in [-0.2, 0) is 10.0 Å². The highest BCUT2D eigenvalue weighted by Gasteiger charge is 2.21. The van der Waals surface area contributed by atoms with Gasteiger partial charge in [-0.2, -0.15) is 0 Å². The lowest BCUT2D eigenvalue weighted by atomic mass is 10.1. The van der Waals surface area contributed by atoms with Crippen LogP contribution in [0.5, 0.6) is 5.75 Å². The fraction of sp³-hybridized carbons (Fsp3) is 0.263. The number of nitrogens with zero attached hydrogens (tertiary/aromatic N) is 1. The Morgan fingerprint density at radius 1 is 0.960 bits per heavy atom. The number of hydrogen-bond donors (Lipinski definition) is 1. The Morgan fingerprint density at radius 2 is 1.72 bits per heavy atom. The first kappa shape index (κ1) is 16.2. The van der Waals surface area contributed by atoms with Crippen molar-refractivity contribution in [1.82, 2.24) is 9.29 Å². The molecule has 0 amide bonds. The second kappa shape index (κ2) is 6.54. The molecule has 0 aliphatic carbocycles. The summed E-state index contributed by atoms with van der Waals surface area (Å²) in [4.78, 5) is 0.275. The summed E-state index contributed by atoms with van der Waals surface area (Å²) in [6.45, 7) is 1.90.